The van der Waals surface area contributed by atoms with Crippen molar-refractivity contribution in [3.63, 3.8) is 0 Å². The number of likely N-dealkylation sites (N-methyl/N-ethyl adjacent to an activating group) is 1. The summed E-state index contributed by atoms with van der Waals surface area (Å²) in [4.78, 5) is 2.30. The third-order valence-electron chi connectivity index (χ3n) is 6.11. The summed E-state index contributed by atoms with van der Waals surface area (Å²) in [5, 5.41) is 10.2. The lowest BCUT2D eigenvalue weighted by atomic mass is 9.72. The molecule has 0 unspecified atom stereocenters. The van der Waals surface area contributed by atoms with E-state index in [9.17, 15) is 5.11 Å². The minimum Gasteiger partial charge on any atom is -0.491 e. The summed E-state index contributed by atoms with van der Waals surface area (Å²) in [6.45, 7) is 13.5. The molecule has 4 heteroatoms. The van der Waals surface area contributed by atoms with E-state index in [1.54, 1.807) is 0 Å². The highest BCUT2D eigenvalue weighted by atomic mass is 16.5. The SMILES string of the molecule is CN(C[C@H](O)COCCOc1ccc(C(C)(C)CC(C)(C)C)cc1)C1CCCCC1. The molecule has 1 aliphatic carbocycles. The van der Waals surface area contributed by atoms with Gasteiger partial charge >= 0.3 is 0 Å². The average molecular weight is 420 g/mol. The van der Waals surface area contributed by atoms with Crippen molar-refractivity contribution in [2.45, 2.75) is 90.7 Å². The topological polar surface area (TPSA) is 41.9 Å². The van der Waals surface area contributed by atoms with E-state index in [-0.39, 0.29) is 5.41 Å². The lowest BCUT2D eigenvalue weighted by Crippen LogP contribution is -2.40. The average Bonchev–Trinajstić information content (AvgIpc) is 2.67. The number of rotatable bonds is 11. The van der Waals surface area contributed by atoms with Crippen LogP contribution in [-0.2, 0) is 10.2 Å². The number of benzene rings is 1. The van der Waals surface area contributed by atoms with Crippen LogP contribution in [0.25, 0.3) is 0 Å². The van der Waals surface area contributed by atoms with Crippen LogP contribution in [0.4, 0.5) is 0 Å². The first kappa shape index (κ1) is 25.2. The van der Waals surface area contributed by atoms with Crippen LogP contribution in [0.5, 0.6) is 5.75 Å². The Bertz CT molecular complexity index is 600. The molecule has 4 nitrogen and oxygen atoms in total. The standard InChI is InChI=1S/C26H45NO3/c1-25(2,3)20-26(4,5)21-12-14-24(15-13-21)30-17-16-29-19-23(28)18-27(6)22-10-8-7-9-11-22/h12-15,22-23,28H,7-11,16-20H2,1-6H3/t23-/m0/s1. The van der Waals surface area contributed by atoms with Crippen molar-refractivity contribution >= 4 is 0 Å². The summed E-state index contributed by atoms with van der Waals surface area (Å²) in [5.41, 5.74) is 1.78. The molecule has 1 N–H and O–H groups in total. The van der Waals surface area contributed by atoms with E-state index < -0.39 is 6.10 Å². The van der Waals surface area contributed by atoms with Crippen molar-refractivity contribution in [2.24, 2.45) is 5.41 Å². The lowest BCUT2D eigenvalue weighted by Gasteiger charge is -2.33. The summed E-state index contributed by atoms with van der Waals surface area (Å²) >= 11 is 0. The molecule has 0 saturated heterocycles. The fraction of sp³-hybridized carbons (Fsp3) is 0.769. The van der Waals surface area contributed by atoms with Gasteiger partial charge in [-0.1, -0.05) is 66.0 Å². The van der Waals surface area contributed by atoms with Gasteiger partial charge in [0.15, 0.2) is 0 Å². The van der Waals surface area contributed by atoms with Crippen LogP contribution in [-0.4, -0.2) is 55.6 Å². The Balaban J connectivity index is 1.64. The fourth-order valence-electron chi connectivity index (χ4n) is 4.92. The molecule has 0 radical (unpaired) electrons. The third kappa shape index (κ3) is 8.95. The minimum atomic E-state index is -0.443. The predicted octanol–water partition coefficient (Wildman–Crippen LogP) is 5.42. The quantitative estimate of drug-likeness (QED) is 0.486. The molecular weight excluding hydrogens is 374 g/mol. The predicted molar refractivity (Wildman–Crippen MR) is 125 cm³/mol. The summed E-state index contributed by atoms with van der Waals surface area (Å²) in [5.74, 6) is 0.867. The zero-order valence-corrected chi connectivity index (χ0v) is 20.2. The second-order valence-electron chi connectivity index (χ2n) is 11.0. The van der Waals surface area contributed by atoms with Crippen LogP contribution in [0, 0.1) is 5.41 Å². The Morgan fingerprint density at radius 3 is 2.23 bits per heavy atom. The van der Waals surface area contributed by atoms with Crippen molar-refractivity contribution in [3.8, 4) is 5.75 Å². The van der Waals surface area contributed by atoms with Crippen molar-refractivity contribution < 1.29 is 14.6 Å². The summed E-state index contributed by atoms with van der Waals surface area (Å²) < 4.78 is 11.5. The van der Waals surface area contributed by atoms with Crippen LogP contribution < -0.4 is 4.74 Å². The van der Waals surface area contributed by atoms with Crippen molar-refractivity contribution in [1.29, 1.82) is 0 Å². The molecule has 0 aliphatic heterocycles. The molecule has 1 fully saturated rings. The number of aliphatic hydroxyl groups excluding tert-OH is 1. The Hall–Kier alpha value is -1.10. The molecular formula is C26H45NO3. The number of hydrogen-bond donors (Lipinski definition) is 1. The second-order valence-corrected chi connectivity index (χ2v) is 11.0. The number of ether oxygens (including phenoxy) is 2. The lowest BCUT2D eigenvalue weighted by molar-refractivity contribution is 0.00326. The van der Waals surface area contributed by atoms with E-state index in [2.05, 4.69) is 58.7 Å². The molecule has 1 aromatic carbocycles. The molecule has 172 valence electrons. The summed E-state index contributed by atoms with van der Waals surface area (Å²) in [6, 6.07) is 9.06. The number of hydrogen-bond acceptors (Lipinski definition) is 4. The molecule has 0 heterocycles. The molecule has 1 aliphatic rings. The molecule has 0 aromatic heterocycles. The first-order chi connectivity index (χ1) is 14.1. The zero-order valence-electron chi connectivity index (χ0n) is 20.2. The van der Waals surface area contributed by atoms with E-state index >= 15 is 0 Å². The van der Waals surface area contributed by atoms with Gasteiger partial charge in [0.25, 0.3) is 0 Å². The normalized spacial score (nSPS) is 17.3. The van der Waals surface area contributed by atoms with Gasteiger partial charge in [-0.05, 0) is 54.8 Å². The molecule has 2 rings (SSSR count). The van der Waals surface area contributed by atoms with Gasteiger partial charge in [-0.2, -0.15) is 0 Å². The molecule has 0 spiro atoms. The second kappa shape index (κ2) is 11.5. The summed E-state index contributed by atoms with van der Waals surface area (Å²) in [7, 11) is 2.12. The van der Waals surface area contributed by atoms with Gasteiger partial charge in [0.2, 0.25) is 0 Å². The van der Waals surface area contributed by atoms with Gasteiger partial charge in [-0.25, -0.2) is 0 Å². The summed E-state index contributed by atoms with van der Waals surface area (Å²) in [6.07, 6.45) is 7.18. The smallest absolute Gasteiger partial charge is 0.119 e. The van der Waals surface area contributed by atoms with Gasteiger partial charge in [0, 0.05) is 12.6 Å². The van der Waals surface area contributed by atoms with Crippen LogP contribution in [0.15, 0.2) is 24.3 Å². The van der Waals surface area contributed by atoms with Gasteiger partial charge < -0.3 is 19.5 Å². The van der Waals surface area contributed by atoms with Crippen molar-refractivity contribution in [3.05, 3.63) is 29.8 Å². The highest BCUT2D eigenvalue weighted by Gasteiger charge is 2.27. The Labute approximate surface area is 185 Å². The Morgan fingerprint density at radius 1 is 1.00 bits per heavy atom. The van der Waals surface area contributed by atoms with Crippen LogP contribution >= 0.6 is 0 Å². The molecule has 1 saturated carbocycles. The largest absolute Gasteiger partial charge is 0.491 e. The van der Waals surface area contributed by atoms with Crippen molar-refractivity contribution in [1.82, 2.24) is 4.90 Å². The molecule has 1 atom stereocenters. The number of nitrogens with zero attached hydrogens (tertiary/aromatic N) is 1. The number of aliphatic hydroxyl groups is 1. The van der Waals surface area contributed by atoms with Gasteiger partial charge in [0.05, 0.1) is 19.3 Å². The maximum Gasteiger partial charge on any atom is 0.119 e. The highest BCUT2D eigenvalue weighted by Crippen LogP contribution is 2.36. The molecule has 1 aromatic rings. The Morgan fingerprint density at radius 2 is 1.63 bits per heavy atom. The van der Waals surface area contributed by atoms with E-state index in [1.165, 1.54) is 37.7 Å². The Kier molecular flexibility index (Phi) is 9.65. The minimum absolute atomic E-state index is 0.140. The fourth-order valence-corrected chi connectivity index (χ4v) is 4.92. The van der Waals surface area contributed by atoms with Gasteiger partial charge in [0.1, 0.15) is 12.4 Å². The zero-order chi connectivity index (χ0) is 22.2. The van der Waals surface area contributed by atoms with E-state index in [0.717, 1.165) is 12.2 Å². The van der Waals surface area contributed by atoms with Gasteiger partial charge in [-0.3, -0.25) is 0 Å². The van der Waals surface area contributed by atoms with Crippen LogP contribution in [0.3, 0.4) is 0 Å². The van der Waals surface area contributed by atoms with Gasteiger partial charge in [-0.15, -0.1) is 0 Å². The van der Waals surface area contributed by atoms with Crippen molar-refractivity contribution in [2.75, 3.05) is 33.4 Å². The van der Waals surface area contributed by atoms with E-state index in [1.807, 2.05) is 12.1 Å². The molecule has 0 amide bonds. The van der Waals surface area contributed by atoms with E-state index in [4.69, 9.17) is 9.47 Å². The first-order valence-electron chi connectivity index (χ1n) is 11.8. The highest BCUT2D eigenvalue weighted by molar-refractivity contribution is 5.31. The maximum absolute atomic E-state index is 10.2. The molecule has 0 bridgehead atoms. The first-order valence-corrected chi connectivity index (χ1v) is 11.8. The third-order valence-corrected chi connectivity index (χ3v) is 6.11. The molecule has 30 heavy (non-hydrogen) atoms. The monoisotopic (exact) mass is 419 g/mol. The van der Waals surface area contributed by atoms with Crippen LogP contribution in [0.1, 0.15) is 78.7 Å². The van der Waals surface area contributed by atoms with E-state index in [0.29, 0.717) is 37.8 Å². The maximum atomic E-state index is 10.2. The van der Waals surface area contributed by atoms with Crippen LogP contribution in [0.2, 0.25) is 0 Å².